The minimum Gasteiger partial charge on any atom is -0.377 e. The molecule has 1 aliphatic heterocycles. The highest BCUT2D eigenvalue weighted by atomic mass is 16.5. The van der Waals surface area contributed by atoms with Gasteiger partial charge >= 0.3 is 0 Å². The van der Waals surface area contributed by atoms with Crippen LogP contribution in [0.3, 0.4) is 0 Å². The molecule has 1 fully saturated rings. The van der Waals surface area contributed by atoms with Gasteiger partial charge < -0.3 is 15.0 Å². The zero-order valence-corrected chi connectivity index (χ0v) is 10.8. The summed E-state index contributed by atoms with van der Waals surface area (Å²) >= 11 is 0. The van der Waals surface area contributed by atoms with Gasteiger partial charge in [-0.3, -0.25) is 0 Å². The van der Waals surface area contributed by atoms with E-state index in [0.717, 1.165) is 12.5 Å². The summed E-state index contributed by atoms with van der Waals surface area (Å²) in [5, 5.41) is 3.39. The van der Waals surface area contributed by atoms with Gasteiger partial charge in [0, 0.05) is 26.2 Å². The maximum absolute atomic E-state index is 5.47. The number of piperidine rings is 1. The van der Waals surface area contributed by atoms with Crippen LogP contribution in [0.15, 0.2) is 0 Å². The van der Waals surface area contributed by atoms with Crippen LogP contribution in [0.4, 0.5) is 0 Å². The smallest absolute Gasteiger partial charge is 0.0749 e. The molecule has 0 aromatic carbocycles. The zero-order chi connectivity index (χ0) is 11.5. The molecule has 3 nitrogen and oxygen atoms in total. The van der Waals surface area contributed by atoms with E-state index in [1.54, 1.807) is 7.11 Å². The molecule has 2 unspecified atom stereocenters. The Bertz CT molecular complexity index is 194. The van der Waals surface area contributed by atoms with Crippen molar-refractivity contribution < 1.29 is 4.74 Å². The van der Waals surface area contributed by atoms with E-state index in [1.807, 2.05) is 0 Å². The molecule has 0 aliphatic carbocycles. The molecule has 90 valence electrons. The second kappa shape index (κ2) is 5.28. The van der Waals surface area contributed by atoms with E-state index in [4.69, 9.17) is 4.74 Å². The summed E-state index contributed by atoms with van der Waals surface area (Å²) in [6.45, 7) is 10.0. The lowest BCUT2D eigenvalue weighted by molar-refractivity contribution is -0.0184. The number of hydrogen-bond acceptors (Lipinski definition) is 3. The second-order valence-corrected chi connectivity index (χ2v) is 5.36. The Labute approximate surface area is 94.2 Å². The van der Waals surface area contributed by atoms with Gasteiger partial charge in [0.25, 0.3) is 0 Å². The van der Waals surface area contributed by atoms with Gasteiger partial charge in [-0.1, -0.05) is 6.92 Å². The van der Waals surface area contributed by atoms with E-state index < -0.39 is 0 Å². The number of ether oxygens (including phenoxy) is 1. The zero-order valence-electron chi connectivity index (χ0n) is 10.8. The van der Waals surface area contributed by atoms with Crippen molar-refractivity contribution in [3.8, 4) is 0 Å². The molecule has 1 heterocycles. The van der Waals surface area contributed by atoms with Gasteiger partial charge in [0.1, 0.15) is 0 Å². The molecule has 1 rings (SSSR count). The largest absolute Gasteiger partial charge is 0.377 e. The average Bonchev–Trinajstić information content (AvgIpc) is 2.17. The van der Waals surface area contributed by atoms with E-state index >= 15 is 0 Å². The first kappa shape index (κ1) is 12.9. The van der Waals surface area contributed by atoms with E-state index in [2.05, 4.69) is 38.0 Å². The fourth-order valence-electron chi connectivity index (χ4n) is 2.41. The van der Waals surface area contributed by atoms with Crippen LogP contribution in [0.1, 0.15) is 27.2 Å². The van der Waals surface area contributed by atoms with Crippen molar-refractivity contribution >= 4 is 0 Å². The van der Waals surface area contributed by atoms with E-state index in [1.165, 1.54) is 19.5 Å². The minimum atomic E-state index is -0.0216. The van der Waals surface area contributed by atoms with Crippen LogP contribution in [0, 0.1) is 5.92 Å². The van der Waals surface area contributed by atoms with E-state index in [9.17, 15) is 0 Å². The van der Waals surface area contributed by atoms with Crippen LogP contribution < -0.4 is 5.32 Å². The molecule has 15 heavy (non-hydrogen) atoms. The molecule has 0 amide bonds. The average molecular weight is 214 g/mol. The summed E-state index contributed by atoms with van der Waals surface area (Å²) < 4.78 is 5.47. The molecular formula is C12H26N2O. The molecule has 0 aromatic heterocycles. The van der Waals surface area contributed by atoms with Gasteiger partial charge in [-0.05, 0) is 39.8 Å². The van der Waals surface area contributed by atoms with Gasteiger partial charge in [-0.15, -0.1) is 0 Å². The Morgan fingerprint density at radius 1 is 1.47 bits per heavy atom. The molecule has 0 bridgehead atoms. The van der Waals surface area contributed by atoms with Crippen molar-refractivity contribution in [2.45, 2.75) is 38.8 Å². The van der Waals surface area contributed by atoms with E-state index in [0.29, 0.717) is 6.04 Å². The molecule has 0 radical (unpaired) electrons. The van der Waals surface area contributed by atoms with Crippen LogP contribution in [-0.4, -0.2) is 50.3 Å². The predicted molar refractivity (Wildman–Crippen MR) is 64.2 cm³/mol. The lowest BCUT2D eigenvalue weighted by atomic mass is 9.93. The number of nitrogens with one attached hydrogen (secondary N) is 1. The molecule has 3 heteroatoms. The van der Waals surface area contributed by atoms with Crippen molar-refractivity contribution in [2.75, 3.05) is 33.8 Å². The minimum absolute atomic E-state index is 0.0216. The molecule has 0 aromatic rings. The molecular weight excluding hydrogens is 188 g/mol. The van der Waals surface area contributed by atoms with Crippen molar-refractivity contribution in [3.05, 3.63) is 0 Å². The highest BCUT2D eigenvalue weighted by molar-refractivity contribution is 4.84. The summed E-state index contributed by atoms with van der Waals surface area (Å²) in [4.78, 5) is 2.52. The molecule has 0 saturated carbocycles. The number of likely N-dealkylation sites (tertiary alicyclic amines) is 1. The van der Waals surface area contributed by atoms with E-state index in [-0.39, 0.29) is 5.60 Å². The van der Waals surface area contributed by atoms with Crippen molar-refractivity contribution in [3.63, 3.8) is 0 Å². The van der Waals surface area contributed by atoms with Crippen LogP contribution >= 0.6 is 0 Å². The van der Waals surface area contributed by atoms with Gasteiger partial charge in [-0.2, -0.15) is 0 Å². The molecule has 2 atom stereocenters. The van der Waals surface area contributed by atoms with Crippen molar-refractivity contribution in [1.82, 2.24) is 10.2 Å². The molecule has 1 N–H and O–H groups in total. The van der Waals surface area contributed by atoms with Crippen LogP contribution in [-0.2, 0) is 4.74 Å². The maximum Gasteiger partial charge on any atom is 0.0749 e. The van der Waals surface area contributed by atoms with Gasteiger partial charge in [-0.25, -0.2) is 0 Å². The Balaban J connectivity index is 2.41. The van der Waals surface area contributed by atoms with Crippen LogP contribution in [0.25, 0.3) is 0 Å². The Morgan fingerprint density at radius 3 is 2.60 bits per heavy atom. The first-order valence-corrected chi connectivity index (χ1v) is 5.93. The third-order valence-electron chi connectivity index (χ3n) is 3.52. The fraction of sp³-hybridized carbons (Fsp3) is 1.00. The van der Waals surface area contributed by atoms with Crippen LogP contribution in [0.5, 0.6) is 0 Å². The predicted octanol–water partition coefficient (Wildman–Crippen LogP) is 1.34. The van der Waals surface area contributed by atoms with Gasteiger partial charge in [0.2, 0.25) is 0 Å². The maximum atomic E-state index is 5.47. The number of methoxy groups -OCH3 is 1. The highest BCUT2D eigenvalue weighted by Gasteiger charge is 2.28. The lowest BCUT2D eigenvalue weighted by Crippen LogP contribution is -2.51. The third-order valence-corrected chi connectivity index (χ3v) is 3.52. The Hall–Kier alpha value is -0.120. The topological polar surface area (TPSA) is 24.5 Å². The van der Waals surface area contributed by atoms with Gasteiger partial charge in [0.15, 0.2) is 0 Å². The first-order valence-electron chi connectivity index (χ1n) is 5.93. The normalized spacial score (nSPS) is 29.4. The Morgan fingerprint density at radius 2 is 2.13 bits per heavy atom. The molecule has 1 saturated heterocycles. The first-order chi connectivity index (χ1) is 6.98. The molecule has 0 spiro atoms. The third kappa shape index (κ3) is 3.74. The lowest BCUT2D eigenvalue weighted by Gasteiger charge is -2.40. The highest BCUT2D eigenvalue weighted by Crippen LogP contribution is 2.19. The number of hydrogen-bond donors (Lipinski definition) is 1. The second-order valence-electron chi connectivity index (χ2n) is 5.36. The summed E-state index contributed by atoms with van der Waals surface area (Å²) in [7, 11) is 3.86. The quantitative estimate of drug-likeness (QED) is 0.764. The number of rotatable bonds is 4. The summed E-state index contributed by atoms with van der Waals surface area (Å²) in [6.07, 6.45) is 1.25. The Kier molecular flexibility index (Phi) is 4.56. The summed E-state index contributed by atoms with van der Waals surface area (Å²) in [5.41, 5.74) is -0.0216. The van der Waals surface area contributed by atoms with Gasteiger partial charge in [0.05, 0.1) is 5.60 Å². The fourth-order valence-corrected chi connectivity index (χ4v) is 2.41. The standard InChI is InChI=1S/C12H26N2O/c1-10-8-14(7-6-11(10)13-4)9-12(2,3)15-5/h10-11,13H,6-9H2,1-5H3. The molecule has 1 aliphatic rings. The van der Waals surface area contributed by atoms with Crippen LogP contribution in [0.2, 0.25) is 0 Å². The summed E-state index contributed by atoms with van der Waals surface area (Å²) in [6, 6.07) is 0.687. The monoisotopic (exact) mass is 214 g/mol. The SMILES string of the molecule is CNC1CCN(CC(C)(C)OC)CC1C. The summed E-state index contributed by atoms with van der Waals surface area (Å²) in [5.74, 6) is 0.733. The van der Waals surface area contributed by atoms with Crippen molar-refractivity contribution in [2.24, 2.45) is 5.92 Å². The van der Waals surface area contributed by atoms with Crippen molar-refractivity contribution in [1.29, 1.82) is 0 Å². The number of nitrogens with zero attached hydrogens (tertiary/aromatic N) is 1.